The lowest BCUT2D eigenvalue weighted by Crippen LogP contribution is -2.53. The van der Waals surface area contributed by atoms with Crippen molar-refractivity contribution in [2.75, 3.05) is 165 Å². The maximum absolute atomic E-state index is 14.2. The highest BCUT2D eigenvalue weighted by atomic mass is 16.6. The molecule has 1 saturated heterocycles. The van der Waals surface area contributed by atoms with Gasteiger partial charge in [0.25, 0.3) is 23.3 Å². The van der Waals surface area contributed by atoms with Crippen LogP contribution in [0.3, 0.4) is 0 Å². The fraction of sp³-hybridized carbons (Fsp3) is 0.587. The number of ether oxygens (including phenoxy) is 10. The molecule has 2 atom stereocenters. The molecule has 0 saturated carbocycles. The van der Waals surface area contributed by atoms with Gasteiger partial charge in [-0.3, -0.25) is 53.5 Å². The molecule has 8 rings (SSSR count). The van der Waals surface area contributed by atoms with Crippen LogP contribution in [0, 0.1) is 0 Å². The van der Waals surface area contributed by atoms with Crippen LogP contribution >= 0.6 is 0 Å². The summed E-state index contributed by atoms with van der Waals surface area (Å²) in [7, 11) is 7.55. The van der Waals surface area contributed by atoms with E-state index in [0.717, 1.165) is 76.1 Å². The Bertz CT molecular complexity index is 3780. The summed E-state index contributed by atoms with van der Waals surface area (Å²) in [5, 5.41) is 28.7. The number of quaternary nitrogens is 1. The molecule has 107 heavy (non-hydrogen) atoms. The largest absolute Gasteiger partial charge is 0.496 e. The number of cyclic esters (lactones) is 1. The van der Waals surface area contributed by atoms with Crippen molar-refractivity contribution in [1.29, 1.82) is 0 Å². The summed E-state index contributed by atoms with van der Waals surface area (Å²) < 4.78 is 57.7. The molecule has 0 bridgehead atoms. The number of anilines is 1. The maximum Gasteiger partial charge on any atom is 0.411 e. The number of hydrogen-bond acceptors (Lipinski definition) is 23. The molecule has 0 radical (unpaired) electrons. The number of fused-ring (bicyclic) bond motifs is 5. The number of esters is 1. The first-order valence-electron chi connectivity index (χ1n) is 36.7. The molecule has 1 fully saturated rings. The number of aromatic nitrogens is 2. The van der Waals surface area contributed by atoms with Gasteiger partial charge in [-0.05, 0) is 75.4 Å². The lowest BCUT2D eigenvalue weighted by Gasteiger charge is -2.43. The van der Waals surface area contributed by atoms with Crippen molar-refractivity contribution in [3.8, 4) is 17.1 Å². The predicted octanol–water partition coefficient (Wildman–Crippen LogP) is 2.86. The molecule has 7 N–H and O–H groups in total. The van der Waals surface area contributed by atoms with Gasteiger partial charge in [-0.15, -0.1) is 0 Å². The van der Waals surface area contributed by atoms with Crippen LogP contribution in [0.1, 0.15) is 117 Å². The Balaban J connectivity index is 0.609. The number of aliphatic hydroxyl groups is 1. The van der Waals surface area contributed by atoms with Crippen LogP contribution in [0.4, 0.5) is 10.5 Å². The lowest BCUT2D eigenvalue weighted by molar-refractivity contribution is -0.929. The van der Waals surface area contributed by atoms with E-state index in [1.54, 1.807) is 30.7 Å². The Labute approximate surface area is 623 Å². The number of hydrogen-bond donors (Lipinski definition) is 7. The third-order valence-electron chi connectivity index (χ3n) is 18.9. The number of pyridine rings is 2. The van der Waals surface area contributed by atoms with Gasteiger partial charge in [0.2, 0.25) is 23.6 Å². The molecule has 0 aliphatic carbocycles. The zero-order valence-electron chi connectivity index (χ0n) is 62.6. The standard InChI is InChI=1S/C75H105N11O21/c1-8-75(97)59-45-62-69-57(47-85(62)72(94)58(59)49-107-73(75)95)56(54-44-63(98-7)55(70(92)76-4)43-61(54)82-69)46-83-26-21-53(22-27-83)86(5,6)48-51-13-15-52(16-14-51)80-74(96)106-42-41-105-40-39-104-38-37-103-36-35-102-34-33-101-32-31-100-30-29-99-28-24-77-64(87)18-17-60(71(93)78-23-9-11-65(88)79-50(2)3)81-66(89)12-10-25-84-67(90)19-20-68(84)91/h13-16,19-20,43-45,50,53,60,97H,8-12,17-18,21-42,46-49H2,1-7H3,(H5-,76,77,78,79,80,81,87,88,89,92,93,96)/p+1/t60-,75-/m0/s1. The first-order valence-corrected chi connectivity index (χ1v) is 36.7. The van der Waals surface area contributed by atoms with E-state index in [4.69, 9.17) is 52.4 Å². The first-order chi connectivity index (χ1) is 51.5. The van der Waals surface area contributed by atoms with E-state index in [-0.39, 0.29) is 132 Å². The number of rotatable bonds is 47. The molecule has 32 nitrogen and oxygen atoms in total. The van der Waals surface area contributed by atoms with Crippen molar-refractivity contribution >= 4 is 70.0 Å². The van der Waals surface area contributed by atoms with Gasteiger partial charge in [-0.2, -0.15) is 0 Å². The zero-order chi connectivity index (χ0) is 76.9. The van der Waals surface area contributed by atoms with Crippen LogP contribution in [0.25, 0.3) is 22.3 Å². The summed E-state index contributed by atoms with van der Waals surface area (Å²) in [5.74, 6) is -3.11. The maximum atomic E-state index is 14.2. The number of methoxy groups -OCH3 is 1. The monoisotopic (exact) mass is 1500 g/mol. The van der Waals surface area contributed by atoms with Crippen LogP contribution in [0.2, 0.25) is 0 Å². The molecular weight excluding hydrogens is 1390 g/mol. The molecule has 4 aliphatic rings. The molecule has 0 unspecified atom stereocenters. The number of amides is 8. The average Bonchev–Trinajstić information content (AvgIpc) is 1.61. The van der Waals surface area contributed by atoms with Gasteiger partial charge in [-0.25, -0.2) is 14.6 Å². The van der Waals surface area contributed by atoms with Gasteiger partial charge in [0.1, 0.15) is 31.5 Å². The highest BCUT2D eigenvalue weighted by Gasteiger charge is 2.46. The number of imide groups is 1. The Morgan fingerprint density at radius 3 is 1.89 bits per heavy atom. The minimum absolute atomic E-state index is 0.00830. The van der Waals surface area contributed by atoms with E-state index in [1.165, 1.54) is 7.11 Å². The number of carbonyl (C=O) groups is 9. The smallest absolute Gasteiger partial charge is 0.411 e. The molecule has 0 spiro atoms. The van der Waals surface area contributed by atoms with E-state index in [9.17, 15) is 53.1 Å². The van der Waals surface area contributed by atoms with Crippen LogP contribution in [0.5, 0.6) is 5.75 Å². The van der Waals surface area contributed by atoms with Gasteiger partial charge in [0.05, 0.1) is 154 Å². The average molecular weight is 1500 g/mol. The van der Waals surface area contributed by atoms with Gasteiger partial charge >= 0.3 is 12.1 Å². The minimum atomic E-state index is -1.97. The number of carbonyl (C=O) groups excluding carboxylic acids is 9. The quantitative estimate of drug-likeness (QED) is 0.0127. The van der Waals surface area contributed by atoms with Crippen molar-refractivity contribution in [2.24, 2.45) is 0 Å². The SMILES string of the molecule is CC[C@@]1(O)C(=O)OCc2c1cc1n(c2=O)Cc2c-1nc1cc(C(=O)NC)c(OC)cc1c2CN1CCC([N+](C)(C)Cc2ccc(NC(=O)OCCOCCOCCOCCOCCOCCOCCOCCNC(=O)CC[C@H](NC(=O)CCCN3C(=O)C=CC3=O)C(=O)NCCCC(=O)NC(C)C)cc2)CC1. The molecular formula is C75H106N11O21+. The number of nitrogens with one attached hydrogen (secondary N) is 6. The number of piperidine rings is 1. The molecule has 2 aromatic carbocycles. The van der Waals surface area contributed by atoms with Crippen molar-refractivity contribution in [3.05, 3.63) is 98.4 Å². The Kier molecular flexibility index (Phi) is 32.9. The fourth-order valence-electron chi connectivity index (χ4n) is 13.1. The summed E-state index contributed by atoms with van der Waals surface area (Å²) in [6, 6.07) is 12.3. The van der Waals surface area contributed by atoms with Crippen LogP contribution in [0.15, 0.2) is 59.4 Å². The molecule has 6 heterocycles. The predicted molar refractivity (Wildman–Crippen MR) is 391 cm³/mol. The fourth-order valence-corrected chi connectivity index (χ4v) is 13.1. The van der Waals surface area contributed by atoms with E-state index < -0.39 is 47.3 Å². The molecule has 32 heteroatoms. The second-order valence-corrected chi connectivity index (χ2v) is 27.2. The summed E-state index contributed by atoms with van der Waals surface area (Å²) in [6.07, 6.45) is 4.27. The minimum Gasteiger partial charge on any atom is -0.496 e. The summed E-state index contributed by atoms with van der Waals surface area (Å²) >= 11 is 0. The first kappa shape index (κ1) is 83.8. The topological polar surface area (TPSA) is 380 Å². The van der Waals surface area contributed by atoms with Gasteiger partial charge in [0.15, 0.2) is 5.60 Å². The normalized spacial score (nSPS) is 15.9. The van der Waals surface area contributed by atoms with Crippen molar-refractivity contribution in [3.63, 3.8) is 0 Å². The second kappa shape index (κ2) is 42.1. The molecule has 2 aromatic heterocycles. The third-order valence-corrected chi connectivity index (χ3v) is 18.9. The molecule has 586 valence electrons. The van der Waals surface area contributed by atoms with Crippen LogP contribution in [-0.4, -0.2) is 261 Å². The van der Waals surface area contributed by atoms with Crippen LogP contribution < -0.4 is 42.2 Å². The highest BCUT2D eigenvalue weighted by molar-refractivity contribution is 6.13. The van der Waals surface area contributed by atoms with Gasteiger partial charge < -0.3 is 88.1 Å². The highest BCUT2D eigenvalue weighted by Crippen LogP contribution is 2.42. The van der Waals surface area contributed by atoms with E-state index in [0.29, 0.717) is 132 Å². The molecule has 8 amide bonds. The van der Waals surface area contributed by atoms with Gasteiger partial charge in [-0.1, -0.05) is 19.1 Å². The number of nitrogens with zero attached hydrogens (tertiary/aromatic N) is 5. The summed E-state index contributed by atoms with van der Waals surface area (Å²) in [5.41, 5.74) is 3.60. The van der Waals surface area contributed by atoms with E-state index >= 15 is 0 Å². The summed E-state index contributed by atoms with van der Waals surface area (Å²) in [4.78, 5) is 135. The Hall–Kier alpha value is -8.83. The third kappa shape index (κ3) is 24.6. The van der Waals surface area contributed by atoms with Gasteiger partial charge in [0, 0.05) is 124 Å². The Morgan fingerprint density at radius 1 is 0.710 bits per heavy atom. The van der Waals surface area contributed by atoms with Crippen molar-refractivity contribution in [2.45, 2.75) is 129 Å². The second-order valence-electron chi connectivity index (χ2n) is 27.2. The van der Waals surface area contributed by atoms with Crippen LogP contribution in [-0.2, 0) is 108 Å². The lowest BCUT2D eigenvalue weighted by atomic mass is 9.86. The molecule has 4 aromatic rings. The Morgan fingerprint density at radius 2 is 1.30 bits per heavy atom. The van der Waals surface area contributed by atoms with E-state index in [2.05, 4.69) is 50.9 Å². The molecule has 4 aliphatic heterocycles. The van der Waals surface area contributed by atoms with Crippen molar-refractivity contribution < 1.29 is 100 Å². The van der Waals surface area contributed by atoms with Crippen molar-refractivity contribution in [1.82, 2.24) is 45.9 Å². The van der Waals surface area contributed by atoms with E-state index in [1.807, 2.05) is 44.2 Å². The number of likely N-dealkylation sites (tertiary alicyclic amines) is 1. The zero-order valence-corrected chi connectivity index (χ0v) is 62.6. The number of benzene rings is 2. The summed E-state index contributed by atoms with van der Waals surface area (Å²) in [6.45, 7) is 13.5.